The number of anilines is 1. The maximum Gasteiger partial charge on any atom is 0.246 e. The average molecular weight is 415 g/mol. The summed E-state index contributed by atoms with van der Waals surface area (Å²) in [7, 11) is -0.480. The van der Waals surface area contributed by atoms with Crippen LogP contribution in [0.2, 0.25) is 0 Å². The minimum absolute atomic E-state index is 0.246. The van der Waals surface area contributed by atoms with E-state index in [1.807, 2.05) is 38.1 Å². The van der Waals surface area contributed by atoms with Gasteiger partial charge in [-0.15, -0.1) is 0 Å². The van der Waals surface area contributed by atoms with E-state index in [2.05, 4.69) is 22.4 Å². The Balaban J connectivity index is 1.79. The van der Waals surface area contributed by atoms with Gasteiger partial charge in [0.05, 0.1) is 11.4 Å². The van der Waals surface area contributed by atoms with Gasteiger partial charge >= 0.3 is 0 Å². The molecule has 0 amide bonds. The molecule has 154 valence electrons. The average Bonchev–Trinajstić information content (AvgIpc) is 3.17. The predicted octanol–water partition coefficient (Wildman–Crippen LogP) is 3.78. The van der Waals surface area contributed by atoms with E-state index in [0.717, 1.165) is 28.8 Å². The van der Waals surface area contributed by atoms with Gasteiger partial charge in [0, 0.05) is 25.3 Å². The van der Waals surface area contributed by atoms with Crippen molar-refractivity contribution < 1.29 is 12.9 Å². The molecule has 7 nitrogen and oxygen atoms in total. The molecule has 1 heterocycles. The monoisotopic (exact) mass is 414 g/mol. The number of hydrogen-bond acceptors (Lipinski definition) is 6. The van der Waals surface area contributed by atoms with Crippen molar-refractivity contribution in [2.24, 2.45) is 0 Å². The summed E-state index contributed by atoms with van der Waals surface area (Å²) >= 11 is 0. The van der Waals surface area contributed by atoms with Crippen LogP contribution >= 0.6 is 0 Å². The first kappa shape index (κ1) is 21.0. The van der Waals surface area contributed by atoms with Crippen molar-refractivity contribution in [3.63, 3.8) is 0 Å². The Bertz CT molecular complexity index is 1100. The third kappa shape index (κ3) is 4.49. The van der Waals surface area contributed by atoms with Crippen LogP contribution in [0.15, 0.2) is 45.8 Å². The quantitative estimate of drug-likeness (QED) is 0.633. The first-order chi connectivity index (χ1) is 13.7. The topological polar surface area (TPSA) is 88.3 Å². The molecule has 0 atom stereocenters. The molecule has 0 aliphatic rings. The lowest BCUT2D eigenvalue weighted by Crippen LogP contribution is -2.22. The number of sulfonamides is 1. The second-order valence-electron chi connectivity index (χ2n) is 7.12. The maximum absolute atomic E-state index is 12.5. The van der Waals surface area contributed by atoms with E-state index in [-0.39, 0.29) is 4.90 Å². The van der Waals surface area contributed by atoms with Gasteiger partial charge in [-0.05, 0) is 49.1 Å². The molecule has 0 bridgehead atoms. The van der Waals surface area contributed by atoms with Crippen molar-refractivity contribution in [3.05, 3.63) is 59.0 Å². The highest BCUT2D eigenvalue weighted by Crippen LogP contribution is 2.26. The highest BCUT2D eigenvalue weighted by molar-refractivity contribution is 7.89. The van der Waals surface area contributed by atoms with Gasteiger partial charge in [0.15, 0.2) is 0 Å². The van der Waals surface area contributed by atoms with Crippen LogP contribution in [0.5, 0.6) is 0 Å². The summed E-state index contributed by atoms with van der Waals surface area (Å²) in [6.07, 6.45) is 0.975. The molecule has 0 fully saturated rings. The van der Waals surface area contributed by atoms with Crippen LogP contribution in [0, 0.1) is 13.8 Å². The summed E-state index contributed by atoms with van der Waals surface area (Å²) in [5, 5.41) is 7.27. The van der Waals surface area contributed by atoms with E-state index in [1.165, 1.54) is 24.0 Å². The molecule has 2 aromatic carbocycles. The third-order valence-corrected chi connectivity index (χ3v) is 6.73. The number of hydrogen-bond donors (Lipinski definition) is 1. The fourth-order valence-corrected chi connectivity index (χ4v) is 3.89. The molecule has 1 aromatic heterocycles. The van der Waals surface area contributed by atoms with Gasteiger partial charge < -0.3 is 9.84 Å². The molecule has 0 saturated carbocycles. The molecule has 0 unspecified atom stereocenters. The lowest BCUT2D eigenvalue weighted by atomic mass is 10.1. The second-order valence-corrected chi connectivity index (χ2v) is 9.27. The van der Waals surface area contributed by atoms with Crippen molar-refractivity contribution in [1.82, 2.24) is 14.4 Å². The van der Waals surface area contributed by atoms with Crippen LogP contribution in [-0.2, 0) is 23.0 Å². The number of nitrogens with zero attached hydrogens (tertiary/aromatic N) is 3. The molecule has 29 heavy (non-hydrogen) atoms. The molecule has 1 N–H and O–H groups in total. The lowest BCUT2D eigenvalue weighted by molar-refractivity contribution is 0.384. The molecule has 0 aliphatic carbocycles. The van der Waals surface area contributed by atoms with E-state index < -0.39 is 10.0 Å². The summed E-state index contributed by atoms with van der Waals surface area (Å²) in [4.78, 5) is 4.68. The van der Waals surface area contributed by atoms with Crippen LogP contribution < -0.4 is 5.32 Å². The van der Waals surface area contributed by atoms with E-state index >= 15 is 0 Å². The first-order valence-corrected chi connectivity index (χ1v) is 10.9. The molecule has 3 rings (SSSR count). The fourth-order valence-electron chi connectivity index (χ4n) is 2.87. The summed E-state index contributed by atoms with van der Waals surface area (Å²) in [6, 6.07) is 11.4. The molecule has 0 saturated heterocycles. The summed E-state index contributed by atoms with van der Waals surface area (Å²) < 4.78 is 31.5. The molecular formula is C21H26N4O3S. The summed E-state index contributed by atoms with van der Waals surface area (Å²) in [6.45, 7) is 6.24. The first-order valence-electron chi connectivity index (χ1n) is 9.42. The Hall–Kier alpha value is -2.71. The SMILES string of the molecule is CCc1ccc(-c2noc(CNc3cc(S(=O)(=O)N(C)C)cc(C)c3C)n2)cc1. The normalized spacial score (nSPS) is 11.8. The van der Waals surface area contributed by atoms with Gasteiger partial charge in [-0.25, -0.2) is 12.7 Å². The van der Waals surface area contributed by atoms with Crippen molar-refractivity contribution in [3.8, 4) is 11.4 Å². The molecular weight excluding hydrogens is 388 g/mol. The Morgan fingerprint density at radius 2 is 1.79 bits per heavy atom. The zero-order valence-electron chi connectivity index (χ0n) is 17.4. The zero-order chi connectivity index (χ0) is 21.2. The zero-order valence-corrected chi connectivity index (χ0v) is 18.2. The van der Waals surface area contributed by atoms with Crippen LogP contribution in [-0.4, -0.2) is 37.0 Å². The van der Waals surface area contributed by atoms with Gasteiger partial charge in [0.2, 0.25) is 21.7 Å². The molecule has 0 spiro atoms. The van der Waals surface area contributed by atoms with Gasteiger partial charge in [-0.3, -0.25) is 0 Å². The van der Waals surface area contributed by atoms with E-state index in [9.17, 15) is 8.42 Å². The van der Waals surface area contributed by atoms with Crippen LogP contribution in [0.25, 0.3) is 11.4 Å². The summed E-state index contributed by atoms with van der Waals surface area (Å²) in [5.74, 6) is 0.957. The number of nitrogens with one attached hydrogen (secondary N) is 1. The van der Waals surface area contributed by atoms with Gasteiger partial charge in [-0.1, -0.05) is 36.3 Å². The Morgan fingerprint density at radius 1 is 1.10 bits per heavy atom. The predicted molar refractivity (Wildman–Crippen MR) is 113 cm³/mol. The largest absolute Gasteiger partial charge is 0.376 e. The molecule has 8 heteroatoms. The Morgan fingerprint density at radius 3 is 2.41 bits per heavy atom. The van der Waals surface area contributed by atoms with E-state index in [4.69, 9.17) is 4.52 Å². The Kier molecular flexibility index (Phi) is 6.04. The maximum atomic E-state index is 12.5. The van der Waals surface area contributed by atoms with Crippen molar-refractivity contribution in [2.45, 2.75) is 38.6 Å². The van der Waals surface area contributed by atoms with Gasteiger partial charge in [0.1, 0.15) is 0 Å². The number of benzene rings is 2. The van der Waals surface area contributed by atoms with Crippen LogP contribution in [0.1, 0.15) is 29.5 Å². The fraction of sp³-hybridized carbons (Fsp3) is 0.333. The van der Waals surface area contributed by atoms with Gasteiger partial charge in [0.25, 0.3) is 0 Å². The smallest absolute Gasteiger partial charge is 0.246 e. The number of rotatable bonds is 7. The van der Waals surface area contributed by atoms with Crippen molar-refractivity contribution >= 4 is 15.7 Å². The Labute approximate surface area is 171 Å². The summed E-state index contributed by atoms with van der Waals surface area (Å²) in [5.41, 5.74) is 4.72. The minimum atomic E-state index is -3.52. The minimum Gasteiger partial charge on any atom is -0.376 e. The highest BCUT2D eigenvalue weighted by atomic mass is 32.2. The van der Waals surface area contributed by atoms with E-state index in [1.54, 1.807) is 12.1 Å². The third-order valence-electron chi connectivity index (χ3n) is 4.94. The number of aryl methyl sites for hydroxylation is 2. The van der Waals surface area contributed by atoms with E-state index in [0.29, 0.717) is 18.3 Å². The lowest BCUT2D eigenvalue weighted by Gasteiger charge is -2.16. The van der Waals surface area contributed by atoms with Crippen LogP contribution in [0.3, 0.4) is 0 Å². The standard InChI is InChI=1S/C21H26N4O3S/c1-6-16-7-9-17(10-8-16)21-23-20(28-24-21)13-22-19-12-18(11-14(2)15(19)3)29(26,27)25(4)5/h7-12,22H,6,13H2,1-5H3. The number of aromatic nitrogens is 2. The van der Waals surface area contributed by atoms with Crippen LogP contribution in [0.4, 0.5) is 5.69 Å². The molecule has 0 aliphatic heterocycles. The van der Waals surface area contributed by atoms with Gasteiger partial charge in [-0.2, -0.15) is 4.98 Å². The van der Waals surface area contributed by atoms with Crippen molar-refractivity contribution in [1.29, 1.82) is 0 Å². The second kappa shape index (κ2) is 8.34. The molecule has 0 radical (unpaired) electrons. The molecule has 3 aromatic rings. The highest BCUT2D eigenvalue weighted by Gasteiger charge is 2.19. The van der Waals surface area contributed by atoms with Crippen molar-refractivity contribution in [2.75, 3.05) is 19.4 Å².